The second-order valence-electron chi connectivity index (χ2n) is 8.11. The van der Waals surface area contributed by atoms with Crippen molar-refractivity contribution in [2.75, 3.05) is 0 Å². The number of hydrogen-bond donors (Lipinski definition) is 2. The van der Waals surface area contributed by atoms with E-state index in [4.69, 9.17) is 0 Å². The Morgan fingerprint density at radius 3 is 2.00 bits per heavy atom. The Labute approximate surface area is 185 Å². The Hall–Kier alpha value is -3.86. The van der Waals surface area contributed by atoms with E-state index in [9.17, 15) is 10.0 Å². The molecule has 0 aliphatic carbocycles. The number of para-hydroxylation sites is 1. The fraction of sp³-hybridized carbons (Fsp3) is 0. The van der Waals surface area contributed by atoms with E-state index in [-0.39, 0.29) is 0 Å². The first-order valence-electron chi connectivity index (χ1n) is 10.7. The molecule has 0 saturated carbocycles. The molecule has 1 aromatic heterocycles. The quantitative estimate of drug-likeness (QED) is 0.388. The molecule has 6 aromatic rings. The Kier molecular flexibility index (Phi) is 4.35. The second-order valence-corrected chi connectivity index (χ2v) is 8.11. The molecule has 4 heteroatoms. The van der Waals surface area contributed by atoms with Crippen molar-refractivity contribution >= 4 is 45.2 Å². The highest BCUT2D eigenvalue weighted by Crippen LogP contribution is 2.35. The van der Waals surface area contributed by atoms with Crippen LogP contribution in [0.25, 0.3) is 49.4 Å². The minimum atomic E-state index is -1.47. The molecule has 152 valence electrons. The fourth-order valence-corrected chi connectivity index (χ4v) is 4.60. The van der Waals surface area contributed by atoms with Crippen LogP contribution in [0.1, 0.15) is 0 Å². The summed E-state index contributed by atoms with van der Waals surface area (Å²) in [5.41, 5.74) is 6.09. The Morgan fingerprint density at radius 1 is 0.531 bits per heavy atom. The predicted molar refractivity (Wildman–Crippen MR) is 134 cm³/mol. The lowest BCUT2D eigenvalue weighted by atomic mass is 9.80. The monoisotopic (exact) mass is 413 g/mol. The first-order chi connectivity index (χ1) is 15.7. The van der Waals surface area contributed by atoms with Gasteiger partial charge in [-0.3, -0.25) is 0 Å². The van der Waals surface area contributed by atoms with Crippen molar-refractivity contribution in [3.05, 3.63) is 109 Å². The molecule has 2 N–H and O–H groups in total. The summed E-state index contributed by atoms with van der Waals surface area (Å²) in [5, 5.41) is 23.7. The van der Waals surface area contributed by atoms with E-state index in [2.05, 4.69) is 83.4 Å². The molecule has 0 unspecified atom stereocenters. The predicted octanol–water partition coefficient (Wildman–Crippen LogP) is 5.28. The van der Waals surface area contributed by atoms with Crippen LogP contribution in [0, 0.1) is 0 Å². The molecule has 0 aliphatic heterocycles. The molecular weight excluding hydrogens is 393 g/mol. The Bertz CT molecular complexity index is 1600. The van der Waals surface area contributed by atoms with Crippen LogP contribution in [0.4, 0.5) is 0 Å². The molecule has 0 fully saturated rings. The molecule has 0 saturated heterocycles. The highest BCUT2D eigenvalue weighted by Gasteiger charge is 2.15. The molecule has 0 bridgehead atoms. The van der Waals surface area contributed by atoms with Gasteiger partial charge in [-0.2, -0.15) is 0 Å². The molecule has 1 heterocycles. The Balaban J connectivity index is 1.56. The van der Waals surface area contributed by atoms with Crippen molar-refractivity contribution in [3.8, 4) is 16.8 Å². The summed E-state index contributed by atoms with van der Waals surface area (Å²) in [5.74, 6) is 0. The van der Waals surface area contributed by atoms with E-state index in [0.717, 1.165) is 16.7 Å². The molecule has 6 rings (SSSR count). The van der Waals surface area contributed by atoms with Crippen LogP contribution in [-0.4, -0.2) is 21.7 Å². The number of aromatic nitrogens is 1. The van der Waals surface area contributed by atoms with E-state index < -0.39 is 7.12 Å². The van der Waals surface area contributed by atoms with E-state index in [1.54, 1.807) is 12.1 Å². The largest absolute Gasteiger partial charge is 0.488 e. The van der Waals surface area contributed by atoms with Crippen LogP contribution in [0.15, 0.2) is 109 Å². The lowest BCUT2D eigenvalue weighted by Gasteiger charge is -2.09. The fourth-order valence-electron chi connectivity index (χ4n) is 4.60. The number of fused-ring (bicyclic) bond motifs is 4. The SMILES string of the molecule is OB(O)c1ccc(-n2c3ccccc3c3cc(-c4ccc5ccccc5c4)ccc32)cc1. The third kappa shape index (κ3) is 3.01. The maximum atomic E-state index is 9.44. The minimum Gasteiger partial charge on any atom is -0.423 e. The number of nitrogens with zero attached hydrogens (tertiary/aromatic N) is 1. The van der Waals surface area contributed by atoms with Crippen LogP contribution >= 0.6 is 0 Å². The average molecular weight is 413 g/mol. The zero-order chi connectivity index (χ0) is 21.7. The summed E-state index contributed by atoms with van der Waals surface area (Å²) in [6.07, 6.45) is 0. The van der Waals surface area contributed by atoms with Gasteiger partial charge in [0, 0.05) is 16.5 Å². The van der Waals surface area contributed by atoms with Gasteiger partial charge in [0.15, 0.2) is 0 Å². The normalized spacial score (nSPS) is 11.4. The van der Waals surface area contributed by atoms with Gasteiger partial charge < -0.3 is 14.6 Å². The van der Waals surface area contributed by atoms with Gasteiger partial charge in [0.25, 0.3) is 0 Å². The van der Waals surface area contributed by atoms with Crippen LogP contribution in [0.5, 0.6) is 0 Å². The molecular formula is C28H20BNO2. The van der Waals surface area contributed by atoms with Crippen molar-refractivity contribution in [2.24, 2.45) is 0 Å². The molecule has 3 nitrogen and oxygen atoms in total. The molecule has 0 atom stereocenters. The first kappa shape index (κ1) is 18.9. The van der Waals surface area contributed by atoms with Crippen molar-refractivity contribution in [1.29, 1.82) is 0 Å². The summed E-state index contributed by atoms with van der Waals surface area (Å²) in [6, 6.07) is 37.4. The maximum absolute atomic E-state index is 9.44. The zero-order valence-corrected chi connectivity index (χ0v) is 17.3. The summed E-state index contributed by atoms with van der Waals surface area (Å²) in [7, 11) is -1.47. The highest BCUT2D eigenvalue weighted by atomic mass is 16.4. The van der Waals surface area contributed by atoms with Gasteiger partial charge in [-0.15, -0.1) is 0 Å². The van der Waals surface area contributed by atoms with Crippen LogP contribution < -0.4 is 5.46 Å². The minimum absolute atomic E-state index is 0.480. The summed E-state index contributed by atoms with van der Waals surface area (Å²) >= 11 is 0. The van der Waals surface area contributed by atoms with Crippen molar-refractivity contribution < 1.29 is 10.0 Å². The third-order valence-corrected chi connectivity index (χ3v) is 6.20. The zero-order valence-electron chi connectivity index (χ0n) is 17.3. The van der Waals surface area contributed by atoms with Gasteiger partial charge in [-0.05, 0) is 63.8 Å². The second kappa shape index (κ2) is 7.38. The standard InChI is InChI=1S/C28H20BNO2/c31-29(32)23-12-14-24(15-13-23)30-27-8-4-3-7-25(27)26-18-22(11-16-28(26)30)21-10-9-19-5-1-2-6-20(19)17-21/h1-18,31-32H. The van der Waals surface area contributed by atoms with Gasteiger partial charge in [-0.1, -0.05) is 72.8 Å². The molecule has 0 radical (unpaired) electrons. The average Bonchev–Trinajstić information content (AvgIpc) is 3.17. The van der Waals surface area contributed by atoms with Crippen molar-refractivity contribution in [1.82, 2.24) is 4.57 Å². The van der Waals surface area contributed by atoms with Crippen molar-refractivity contribution in [2.45, 2.75) is 0 Å². The van der Waals surface area contributed by atoms with Crippen LogP contribution in [-0.2, 0) is 0 Å². The summed E-state index contributed by atoms with van der Waals surface area (Å²) in [6.45, 7) is 0. The maximum Gasteiger partial charge on any atom is 0.488 e. The molecule has 0 spiro atoms. The van der Waals surface area contributed by atoms with E-state index in [1.165, 1.54) is 32.7 Å². The molecule has 5 aromatic carbocycles. The molecule has 0 amide bonds. The number of hydrogen-bond acceptors (Lipinski definition) is 2. The van der Waals surface area contributed by atoms with Gasteiger partial charge >= 0.3 is 7.12 Å². The summed E-state index contributed by atoms with van der Waals surface area (Å²) in [4.78, 5) is 0. The Morgan fingerprint density at radius 2 is 1.19 bits per heavy atom. The molecule has 32 heavy (non-hydrogen) atoms. The number of benzene rings is 5. The van der Waals surface area contributed by atoms with E-state index >= 15 is 0 Å². The van der Waals surface area contributed by atoms with E-state index in [0.29, 0.717) is 5.46 Å². The van der Waals surface area contributed by atoms with Crippen molar-refractivity contribution in [3.63, 3.8) is 0 Å². The number of rotatable bonds is 3. The third-order valence-electron chi connectivity index (χ3n) is 6.20. The van der Waals surface area contributed by atoms with Gasteiger partial charge in [0.1, 0.15) is 0 Å². The highest BCUT2D eigenvalue weighted by molar-refractivity contribution is 6.58. The van der Waals surface area contributed by atoms with Gasteiger partial charge in [0.05, 0.1) is 11.0 Å². The smallest absolute Gasteiger partial charge is 0.423 e. The topological polar surface area (TPSA) is 45.4 Å². The summed E-state index contributed by atoms with van der Waals surface area (Å²) < 4.78 is 2.22. The van der Waals surface area contributed by atoms with Crippen LogP contribution in [0.2, 0.25) is 0 Å². The first-order valence-corrected chi connectivity index (χ1v) is 10.7. The lowest BCUT2D eigenvalue weighted by molar-refractivity contribution is 0.426. The molecule has 0 aliphatic rings. The van der Waals surface area contributed by atoms with Crippen LogP contribution in [0.3, 0.4) is 0 Å². The van der Waals surface area contributed by atoms with Gasteiger partial charge in [0.2, 0.25) is 0 Å². The lowest BCUT2D eigenvalue weighted by Crippen LogP contribution is -2.29. The van der Waals surface area contributed by atoms with E-state index in [1.807, 2.05) is 18.2 Å². The van der Waals surface area contributed by atoms with Gasteiger partial charge in [-0.25, -0.2) is 0 Å².